The molecule has 7 heteroatoms. The van der Waals surface area contributed by atoms with Crippen molar-refractivity contribution in [2.24, 2.45) is 0 Å². The molecule has 5 nitrogen and oxygen atoms in total. The highest BCUT2D eigenvalue weighted by Gasteiger charge is 2.28. The number of nitrogens with zero attached hydrogens (tertiary/aromatic N) is 3. The van der Waals surface area contributed by atoms with Gasteiger partial charge in [0.05, 0.1) is 5.92 Å². The number of piperidine rings is 1. The molecule has 2 heterocycles. The van der Waals surface area contributed by atoms with E-state index >= 15 is 0 Å². The Morgan fingerprint density at radius 2 is 1.76 bits per heavy atom. The van der Waals surface area contributed by atoms with Gasteiger partial charge in [-0.25, -0.2) is 8.78 Å². The van der Waals surface area contributed by atoms with Crippen molar-refractivity contribution in [3.05, 3.63) is 71.6 Å². The predicted molar refractivity (Wildman–Crippen MR) is 103 cm³/mol. The van der Waals surface area contributed by atoms with Crippen LogP contribution in [0.4, 0.5) is 8.78 Å². The zero-order chi connectivity index (χ0) is 20.2. The lowest BCUT2D eigenvalue weighted by atomic mass is 9.97. The summed E-state index contributed by atoms with van der Waals surface area (Å²) in [5, 5.41) is 4.00. The quantitative estimate of drug-likeness (QED) is 0.642. The first-order valence-electron chi connectivity index (χ1n) is 9.70. The van der Waals surface area contributed by atoms with Crippen LogP contribution in [0.2, 0.25) is 0 Å². The van der Waals surface area contributed by atoms with Crippen molar-refractivity contribution in [2.75, 3.05) is 13.1 Å². The maximum atomic E-state index is 13.1. The van der Waals surface area contributed by atoms with Gasteiger partial charge in [0.15, 0.2) is 0 Å². The smallest absolute Gasteiger partial charge is 0.231 e. The number of carbonyl (C=O) groups excluding carboxylic acids is 1. The molecule has 0 spiro atoms. The van der Waals surface area contributed by atoms with E-state index in [1.807, 2.05) is 4.90 Å². The second-order valence-electron chi connectivity index (χ2n) is 7.27. The van der Waals surface area contributed by atoms with E-state index in [0.717, 1.165) is 18.4 Å². The van der Waals surface area contributed by atoms with Crippen LogP contribution in [0, 0.1) is 11.6 Å². The molecule has 1 aliphatic rings. The Morgan fingerprint density at radius 1 is 1.07 bits per heavy atom. The number of likely N-dealkylation sites (tertiary alicyclic amines) is 1. The van der Waals surface area contributed by atoms with Gasteiger partial charge in [0.25, 0.3) is 0 Å². The molecule has 3 aromatic rings. The number of hydrogen-bond donors (Lipinski definition) is 0. The summed E-state index contributed by atoms with van der Waals surface area (Å²) in [4.78, 5) is 18.9. The van der Waals surface area contributed by atoms with Gasteiger partial charge in [-0.05, 0) is 61.2 Å². The summed E-state index contributed by atoms with van der Waals surface area (Å²) in [6.07, 6.45) is 2.69. The van der Waals surface area contributed by atoms with Gasteiger partial charge in [-0.15, -0.1) is 0 Å². The van der Waals surface area contributed by atoms with E-state index in [-0.39, 0.29) is 23.5 Å². The molecule has 150 valence electrons. The second kappa shape index (κ2) is 8.51. The van der Waals surface area contributed by atoms with Crippen LogP contribution in [-0.4, -0.2) is 34.0 Å². The van der Waals surface area contributed by atoms with Gasteiger partial charge in [-0.2, -0.15) is 4.98 Å². The van der Waals surface area contributed by atoms with Crippen LogP contribution in [0.15, 0.2) is 53.1 Å². The van der Waals surface area contributed by atoms with E-state index in [4.69, 9.17) is 4.52 Å². The van der Waals surface area contributed by atoms with Crippen molar-refractivity contribution in [1.82, 2.24) is 15.0 Å². The summed E-state index contributed by atoms with van der Waals surface area (Å²) < 4.78 is 31.5. The van der Waals surface area contributed by atoms with Crippen molar-refractivity contribution in [3.8, 4) is 11.4 Å². The van der Waals surface area contributed by atoms with Crippen LogP contribution in [0.3, 0.4) is 0 Å². The van der Waals surface area contributed by atoms with Crippen LogP contribution in [0.1, 0.15) is 36.6 Å². The number of aryl methyl sites for hydroxylation is 1. The van der Waals surface area contributed by atoms with Crippen LogP contribution < -0.4 is 0 Å². The number of aromatic nitrogens is 2. The number of hydrogen-bond acceptors (Lipinski definition) is 4. The van der Waals surface area contributed by atoms with Gasteiger partial charge in [0.1, 0.15) is 11.6 Å². The minimum Gasteiger partial charge on any atom is -0.342 e. The molecule has 0 aliphatic carbocycles. The molecule has 4 rings (SSSR count). The van der Waals surface area contributed by atoms with Gasteiger partial charge in [0.2, 0.25) is 17.6 Å². The molecule has 0 radical (unpaired) electrons. The highest BCUT2D eigenvalue weighted by atomic mass is 19.1. The Balaban J connectivity index is 1.37. The summed E-state index contributed by atoms with van der Waals surface area (Å²) in [5.74, 6) is 0.371. The maximum Gasteiger partial charge on any atom is 0.231 e. The fraction of sp³-hybridized carbons (Fsp3) is 0.318. The third kappa shape index (κ3) is 4.67. The highest BCUT2D eigenvalue weighted by molar-refractivity contribution is 5.76. The minimum atomic E-state index is -0.320. The lowest BCUT2D eigenvalue weighted by molar-refractivity contribution is -0.132. The van der Waals surface area contributed by atoms with E-state index in [1.54, 1.807) is 24.3 Å². The van der Waals surface area contributed by atoms with Crippen molar-refractivity contribution in [3.63, 3.8) is 0 Å². The van der Waals surface area contributed by atoms with E-state index in [2.05, 4.69) is 10.1 Å². The molecule has 1 aliphatic heterocycles. The first-order valence-corrected chi connectivity index (χ1v) is 9.70. The standard InChI is InChI=1S/C22H21F2N3O2/c23-18-8-3-15(4-9-18)5-12-20(28)27-13-1-2-17(14-27)22-25-21(26-29-22)16-6-10-19(24)11-7-16/h3-4,6-11,17H,1-2,5,12-14H2/t17-/m0/s1. The monoisotopic (exact) mass is 397 g/mol. The third-order valence-corrected chi connectivity index (χ3v) is 5.21. The fourth-order valence-corrected chi connectivity index (χ4v) is 3.58. The number of rotatable bonds is 5. The van der Waals surface area contributed by atoms with Gasteiger partial charge < -0.3 is 9.42 Å². The van der Waals surface area contributed by atoms with Crippen LogP contribution >= 0.6 is 0 Å². The van der Waals surface area contributed by atoms with Gasteiger partial charge in [0, 0.05) is 25.1 Å². The van der Waals surface area contributed by atoms with Gasteiger partial charge in [-0.1, -0.05) is 17.3 Å². The number of carbonyl (C=O) groups is 1. The van der Waals surface area contributed by atoms with E-state index in [0.29, 0.717) is 43.2 Å². The van der Waals surface area contributed by atoms with Crippen LogP contribution in [0.25, 0.3) is 11.4 Å². The van der Waals surface area contributed by atoms with Crippen molar-refractivity contribution in [1.29, 1.82) is 0 Å². The fourth-order valence-electron chi connectivity index (χ4n) is 3.58. The average Bonchev–Trinajstić information content (AvgIpc) is 3.24. The molecule has 1 aromatic heterocycles. The van der Waals surface area contributed by atoms with E-state index in [9.17, 15) is 13.6 Å². The van der Waals surface area contributed by atoms with Crippen molar-refractivity contribution >= 4 is 5.91 Å². The maximum absolute atomic E-state index is 13.1. The van der Waals surface area contributed by atoms with Crippen molar-refractivity contribution < 1.29 is 18.1 Å². The van der Waals surface area contributed by atoms with Crippen LogP contribution in [-0.2, 0) is 11.2 Å². The topological polar surface area (TPSA) is 59.2 Å². The lowest BCUT2D eigenvalue weighted by Gasteiger charge is -2.31. The highest BCUT2D eigenvalue weighted by Crippen LogP contribution is 2.28. The summed E-state index contributed by atoms with van der Waals surface area (Å²) >= 11 is 0. The normalized spacial score (nSPS) is 16.8. The second-order valence-corrected chi connectivity index (χ2v) is 7.27. The molecule has 29 heavy (non-hydrogen) atoms. The summed E-state index contributed by atoms with van der Waals surface area (Å²) in [6.45, 7) is 1.24. The number of amides is 1. The molecule has 1 atom stereocenters. The average molecular weight is 397 g/mol. The molecule has 0 N–H and O–H groups in total. The Hall–Kier alpha value is -3.09. The van der Waals surface area contributed by atoms with E-state index in [1.165, 1.54) is 24.3 Å². The molecule has 1 fully saturated rings. The SMILES string of the molecule is O=C(CCc1ccc(F)cc1)N1CCC[C@H](c2nc(-c3ccc(F)cc3)no2)C1. The van der Waals surface area contributed by atoms with Crippen LogP contribution in [0.5, 0.6) is 0 Å². The Kier molecular flexibility index (Phi) is 5.64. The molecule has 1 saturated heterocycles. The molecule has 2 aromatic carbocycles. The zero-order valence-corrected chi connectivity index (χ0v) is 15.9. The Labute approximate surface area is 167 Å². The summed E-state index contributed by atoms with van der Waals surface area (Å²) in [5.41, 5.74) is 1.62. The van der Waals surface area contributed by atoms with Crippen molar-refractivity contribution in [2.45, 2.75) is 31.6 Å². The molecule has 0 unspecified atom stereocenters. The lowest BCUT2D eigenvalue weighted by Crippen LogP contribution is -2.39. The van der Waals surface area contributed by atoms with Gasteiger partial charge in [-0.3, -0.25) is 4.79 Å². The molecule has 1 amide bonds. The minimum absolute atomic E-state index is 0.0137. The third-order valence-electron chi connectivity index (χ3n) is 5.21. The molecular formula is C22H21F2N3O2. The molecule has 0 saturated carbocycles. The summed E-state index contributed by atoms with van der Waals surface area (Å²) in [7, 11) is 0. The summed E-state index contributed by atoms with van der Waals surface area (Å²) in [6, 6.07) is 12.2. The molecule has 0 bridgehead atoms. The van der Waals surface area contributed by atoms with E-state index < -0.39 is 0 Å². The first kappa shape index (κ1) is 19.2. The zero-order valence-electron chi connectivity index (χ0n) is 15.9. The Bertz CT molecular complexity index is 970. The van der Waals surface area contributed by atoms with Gasteiger partial charge >= 0.3 is 0 Å². The Morgan fingerprint density at radius 3 is 2.48 bits per heavy atom. The first-order chi connectivity index (χ1) is 14.1. The molecular weight excluding hydrogens is 376 g/mol. The predicted octanol–water partition coefficient (Wildman–Crippen LogP) is 4.35. The number of halogens is 2. The number of benzene rings is 2. The largest absolute Gasteiger partial charge is 0.342 e.